The molecule has 30 heavy (non-hydrogen) atoms. The van der Waals surface area contributed by atoms with Crippen LogP contribution in [0.1, 0.15) is 51.9 Å². The highest BCUT2D eigenvalue weighted by atomic mass is 32.1. The number of ether oxygens (including phenoxy) is 1. The predicted octanol–water partition coefficient (Wildman–Crippen LogP) is 3.74. The highest BCUT2D eigenvalue weighted by Gasteiger charge is 2.31. The molecule has 1 fully saturated rings. The summed E-state index contributed by atoms with van der Waals surface area (Å²) in [4.78, 5) is 23.3. The predicted molar refractivity (Wildman–Crippen MR) is 116 cm³/mol. The van der Waals surface area contributed by atoms with E-state index in [1.165, 1.54) is 11.5 Å². The minimum atomic E-state index is -0.546. The van der Waals surface area contributed by atoms with Crippen molar-refractivity contribution >= 4 is 34.3 Å². The summed E-state index contributed by atoms with van der Waals surface area (Å²) in [7, 11) is 0. The largest absolute Gasteiger partial charge is 0.444 e. The lowest BCUT2D eigenvalue weighted by Gasteiger charge is -2.40. The van der Waals surface area contributed by atoms with E-state index in [1.807, 2.05) is 40.7 Å². The van der Waals surface area contributed by atoms with Crippen molar-refractivity contribution in [3.63, 3.8) is 0 Å². The molecule has 9 nitrogen and oxygen atoms in total. The molecule has 2 aromatic heterocycles. The Balaban J connectivity index is 1.78. The lowest BCUT2D eigenvalue weighted by Crippen LogP contribution is -2.55. The van der Waals surface area contributed by atoms with Crippen molar-refractivity contribution in [3.05, 3.63) is 23.7 Å². The van der Waals surface area contributed by atoms with Crippen LogP contribution in [0.25, 0.3) is 0 Å². The number of aryl methyl sites for hydroxylation is 1. The Hall–Kier alpha value is -2.93. The topological polar surface area (TPSA) is 116 Å². The molecule has 1 aliphatic rings. The van der Waals surface area contributed by atoms with Crippen LogP contribution in [0, 0.1) is 18.3 Å². The number of amides is 1. The van der Waals surface area contributed by atoms with E-state index in [0.29, 0.717) is 11.6 Å². The Morgan fingerprint density at radius 1 is 1.43 bits per heavy atom. The molecular formula is C20H27N7O2S. The Bertz CT molecular complexity index is 947. The first-order valence-corrected chi connectivity index (χ1v) is 10.7. The van der Waals surface area contributed by atoms with Gasteiger partial charge in [-0.05, 0) is 65.1 Å². The summed E-state index contributed by atoms with van der Waals surface area (Å²) in [5.74, 6) is 1.05. The molecule has 2 N–H and O–H groups in total. The summed E-state index contributed by atoms with van der Waals surface area (Å²) in [5, 5.41) is 16.3. The molecule has 0 aromatic carbocycles. The monoisotopic (exact) mass is 429 g/mol. The van der Waals surface area contributed by atoms with Crippen molar-refractivity contribution in [2.24, 2.45) is 0 Å². The summed E-state index contributed by atoms with van der Waals surface area (Å²) in [6.45, 7) is 10.3. The van der Waals surface area contributed by atoms with Gasteiger partial charge >= 0.3 is 6.09 Å². The smallest absolute Gasteiger partial charge is 0.407 e. The molecule has 2 atom stereocenters. The molecule has 160 valence electrons. The fourth-order valence-corrected chi connectivity index (χ4v) is 4.01. The minimum Gasteiger partial charge on any atom is -0.444 e. The molecule has 0 radical (unpaired) electrons. The molecule has 10 heteroatoms. The first-order chi connectivity index (χ1) is 14.2. The van der Waals surface area contributed by atoms with E-state index >= 15 is 0 Å². The number of nitrogens with one attached hydrogen (secondary N) is 2. The Morgan fingerprint density at radius 3 is 2.83 bits per heavy atom. The number of carbonyl (C=O) groups excluding carboxylic acids is 1. The van der Waals surface area contributed by atoms with Gasteiger partial charge in [-0.2, -0.15) is 9.64 Å². The van der Waals surface area contributed by atoms with Crippen molar-refractivity contribution in [2.45, 2.75) is 65.1 Å². The van der Waals surface area contributed by atoms with Gasteiger partial charge in [-0.1, -0.05) is 0 Å². The highest BCUT2D eigenvalue weighted by Crippen LogP contribution is 2.27. The second-order valence-corrected chi connectivity index (χ2v) is 9.13. The highest BCUT2D eigenvalue weighted by molar-refractivity contribution is 7.10. The fourth-order valence-electron chi connectivity index (χ4n) is 3.34. The normalized spacial score (nSPS) is 19.1. The van der Waals surface area contributed by atoms with Crippen molar-refractivity contribution in [1.82, 2.24) is 19.7 Å². The summed E-state index contributed by atoms with van der Waals surface area (Å²) in [5.41, 5.74) is 0.569. The number of anilines is 3. The Kier molecular flexibility index (Phi) is 6.41. The lowest BCUT2D eigenvalue weighted by molar-refractivity contribution is 0.0489. The van der Waals surface area contributed by atoms with Gasteiger partial charge < -0.3 is 20.3 Å². The fraction of sp³-hybridized carbons (Fsp3) is 0.550. The maximum Gasteiger partial charge on any atom is 0.407 e. The number of piperidine rings is 1. The van der Waals surface area contributed by atoms with Gasteiger partial charge in [0.05, 0.1) is 17.9 Å². The average Bonchev–Trinajstić information content (AvgIpc) is 3.06. The first-order valence-electron chi connectivity index (χ1n) is 9.90. The van der Waals surface area contributed by atoms with Gasteiger partial charge in [0.15, 0.2) is 11.5 Å². The third-order valence-electron chi connectivity index (χ3n) is 4.72. The summed E-state index contributed by atoms with van der Waals surface area (Å²) >= 11 is 1.30. The van der Waals surface area contributed by atoms with Gasteiger partial charge in [-0.3, -0.25) is 0 Å². The maximum atomic E-state index is 12.2. The van der Waals surface area contributed by atoms with Crippen LogP contribution in [-0.4, -0.2) is 44.7 Å². The number of carbonyl (C=O) groups is 1. The van der Waals surface area contributed by atoms with Crippen LogP contribution in [0.15, 0.2) is 12.3 Å². The zero-order valence-corrected chi connectivity index (χ0v) is 18.7. The van der Waals surface area contributed by atoms with Gasteiger partial charge in [0.25, 0.3) is 0 Å². The summed E-state index contributed by atoms with van der Waals surface area (Å²) in [6.07, 6.45) is 2.93. The van der Waals surface area contributed by atoms with E-state index in [1.54, 1.807) is 6.20 Å². The summed E-state index contributed by atoms with van der Waals surface area (Å²) < 4.78 is 9.64. The molecule has 1 saturated heterocycles. The molecule has 3 heterocycles. The number of rotatable bonds is 4. The maximum absolute atomic E-state index is 12.2. The van der Waals surface area contributed by atoms with Crippen LogP contribution >= 0.6 is 11.5 Å². The molecule has 0 spiro atoms. The molecule has 1 amide bonds. The van der Waals surface area contributed by atoms with Crippen LogP contribution in [0.3, 0.4) is 0 Å². The molecule has 0 saturated carbocycles. The van der Waals surface area contributed by atoms with Crippen molar-refractivity contribution in [2.75, 3.05) is 16.8 Å². The molecule has 1 aliphatic heterocycles. The van der Waals surface area contributed by atoms with Crippen LogP contribution in [0.5, 0.6) is 0 Å². The molecule has 0 bridgehead atoms. The second kappa shape index (κ2) is 8.83. The average molecular weight is 430 g/mol. The SMILES string of the molecule is Cc1cc(Nc2nc(N3CCC[C@H](NC(=O)OC(C)(C)C)[C@@H]3C)cnc2C#N)sn1. The molecular weight excluding hydrogens is 402 g/mol. The third-order valence-corrected chi connectivity index (χ3v) is 5.52. The Morgan fingerprint density at radius 2 is 2.20 bits per heavy atom. The minimum absolute atomic E-state index is 0.00740. The van der Waals surface area contributed by atoms with Crippen molar-refractivity contribution in [1.29, 1.82) is 5.26 Å². The molecule has 2 aromatic rings. The second-order valence-electron chi connectivity index (χ2n) is 8.32. The van der Waals surface area contributed by atoms with Crippen LogP contribution in [0.4, 0.5) is 21.4 Å². The molecule has 3 rings (SSSR count). The summed E-state index contributed by atoms with van der Waals surface area (Å²) in [6, 6.07) is 3.89. The standard InChI is InChI=1S/C20H27N7O2S/c1-12-9-17(30-26-12)25-18-15(10-21)22-11-16(24-18)27-8-6-7-14(13(27)2)23-19(28)29-20(3,4)5/h9,11,13-14H,6-8H2,1-5H3,(H,23,28)(H,24,25)/t13-,14-/m0/s1. The molecule has 0 aliphatic carbocycles. The van der Waals surface area contributed by atoms with Crippen LogP contribution in [0.2, 0.25) is 0 Å². The van der Waals surface area contributed by atoms with Gasteiger partial charge in [-0.15, -0.1) is 0 Å². The van der Waals surface area contributed by atoms with Crippen molar-refractivity contribution < 1.29 is 9.53 Å². The van der Waals surface area contributed by atoms with Gasteiger partial charge in [0, 0.05) is 12.6 Å². The number of aromatic nitrogens is 3. The van der Waals surface area contributed by atoms with Crippen molar-refractivity contribution in [3.8, 4) is 6.07 Å². The number of hydrogen-bond acceptors (Lipinski definition) is 9. The zero-order valence-electron chi connectivity index (χ0n) is 17.9. The third kappa shape index (κ3) is 5.36. The zero-order chi connectivity index (χ0) is 21.9. The number of nitriles is 1. The first kappa shape index (κ1) is 21.8. The van der Waals surface area contributed by atoms with E-state index in [4.69, 9.17) is 4.74 Å². The number of hydrogen-bond donors (Lipinski definition) is 2. The van der Waals surface area contributed by atoms with E-state index < -0.39 is 11.7 Å². The van der Waals surface area contributed by atoms with E-state index in [9.17, 15) is 10.1 Å². The number of alkyl carbamates (subject to hydrolysis) is 1. The van der Waals surface area contributed by atoms with E-state index in [-0.39, 0.29) is 17.8 Å². The van der Waals surface area contributed by atoms with Crippen LogP contribution in [-0.2, 0) is 4.74 Å². The molecule has 0 unspecified atom stereocenters. The van der Waals surface area contributed by atoms with Crippen LogP contribution < -0.4 is 15.5 Å². The number of nitrogens with zero attached hydrogens (tertiary/aromatic N) is 5. The lowest BCUT2D eigenvalue weighted by atomic mass is 9.97. The van der Waals surface area contributed by atoms with E-state index in [2.05, 4.69) is 35.9 Å². The van der Waals surface area contributed by atoms with Gasteiger partial charge in [-0.25, -0.2) is 14.8 Å². The quantitative estimate of drug-likeness (QED) is 0.755. The van der Waals surface area contributed by atoms with Gasteiger partial charge in [0.2, 0.25) is 0 Å². The van der Waals surface area contributed by atoms with Gasteiger partial charge in [0.1, 0.15) is 22.5 Å². The Labute approximate surface area is 180 Å². The van der Waals surface area contributed by atoms with E-state index in [0.717, 1.165) is 30.1 Å².